The lowest BCUT2D eigenvalue weighted by Gasteiger charge is -2.24. The zero-order valence-corrected chi connectivity index (χ0v) is 35.5. The molecule has 1 unspecified atom stereocenters. The number of esters is 2. The Balaban J connectivity index is 4.34. The van der Waals surface area contributed by atoms with Crippen LogP contribution in [-0.2, 0) is 32.7 Å². The summed E-state index contributed by atoms with van der Waals surface area (Å²) in [4.78, 5) is 35.3. The van der Waals surface area contributed by atoms with E-state index in [0.29, 0.717) is 23.9 Å². The van der Waals surface area contributed by atoms with Crippen LogP contribution in [0.1, 0.15) is 194 Å². The first-order chi connectivity index (χ1) is 25.0. The Hall–Kier alpha value is -1.25. The highest BCUT2D eigenvalue weighted by Gasteiger charge is 2.27. The summed E-state index contributed by atoms with van der Waals surface area (Å²) in [5.41, 5.74) is 0. The monoisotopic (exact) mass is 761 g/mol. The molecule has 0 aliphatic carbocycles. The maximum Gasteiger partial charge on any atom is 0.472 e. The minimum atomic E-state index is -4.37. The Kier molecular flexibility index (Phi) is 34.6. The summed E-state index contributed by atoms with van der Waals surface area (Å²) in [5, 5.41) is 0. The second kappa shape index (κ2) is 35.5. The van der Waals surface area contributed by atoms with Gasteiger partial charge in [-0.1, -0.05) is 154 Å². The fourth-order valence-electron chi connectivity index (χ4n) is 5.89. The molecule has 0 saturated carbocycles. The second-order valence-electron chi connectivity index (χ2n) is 15.7. The number of allylic oxidation sites excluding steroid dienone is 2. The Morgan fingerprint density at radius 1 is 0.577 bits per heavy atom. The number of likely N-dealkylation sites (N-methyl/N-ethyl adjacent to an activating group) is 1. The number of unbranched alkanes of at least 4 members (excludes halogenated alkanes) is 23. The fraction of sp³-hybridized carbons (Fsp3) is 0.905. The molecule has 9 nitrogen and oxygen atoms in total. The van der Waals surface area contributed by atoms with Gasteiger partial charge in [0.15, 0.2) is 6.10 Å². The average molecular weight is 761 g/mol. The van der Waals surface area contributed by atoms with E-state index in [2.05, 4.69) is 26.0 Å². The molecular weight excluding hydrogens is 677 g/mol. The van der Waals surface area contributed by atoms with Crippen molar-refractivity contribution in [1.29, 1.82) is 0 Å². The molecule has 0 spiro atoms. The van der Waals surface area contributed by atoms with Crippen LogP contribution in [0, 0.1) is 0 Å². The summed E-state index contributed by atoms with van der Waals surface area (Å²) in [6.45, 7) is 4.42. The first-order valence-electron chi connectivity index (χ1n) is 21.4. The van der Waals surface area contributed by atoms with Gasteiger partial charge in [-0.15, -0.1) is 0 Å². The Bertz CT molecular complexity index is 907. The van der Waals surface area contributed by atoms with Gasteiger partial charge in [0, 0.05) is 12.8 Å². The predicted octanol–water partition coefficient (Wildman–Crippen LogP) is 11.8. The van der Waals surface area contributed by atoms with Crippen molar-refractivity contribution in [2.24, 2.45) is 0 Å². The van der Waals surface area contributed by atoms with Gasteiger partial charge in [-0.3, -0.25) is 18.6 Å². The molecule has 0 bridgehead atoms. The van der Waals surface area contributed by atoms with Gasteiger partial charge in [0.25, 0.3) is 0 Å². The maximum atomic E-state index is 12.7. The van der Waals surface area contributed by atoms with Crippen LogP contribution in [0.4, 0.5) is 0 Å². The first-order valence-corrected chi connectivity index (χ1v) is 22.9. The van der Waals surface area contributed by atoms with E-state index in [1.807, 2.05) is 21.1 Å². The highest BCUT2D eigenvalue weighted by Crippen LogP contribution is 2.43. The molecule has 52 heavy (non-hydrogen) atoms. The van der Waals surface area contributed by atoms with Crippen LogP contribution >= 0.6 is 7.82 Å². The maximum absolute atomic E-state index is 12.7. The number of quaternary nitrogens is 1. The molecule has 0 rings (SSSR count). The molecule has 0 aromatic carbocycles. The minimum Gasteiger partial charge on any atom is -0.462 e. The van der Waals surface area contributed by atoms with Gasteiger partial charge in [0.05, 0.1) is 27.7 Å². The Labute approximate surface area is 320 Å². The van der Waals surface area contributed by atoms with Gasteiger partial charge in [-0.2, -0.15) is 0 Å². The van der Waals surface area contributed by atoms with Crippen molar-refractivity contribution in [3.8, 4) is 0 Å². The van der Waals surface area contributed by atoms with Crippen LogP contribution in [0.15, 0.2) is 12.2 Å². The number of rotatable bonds is 39. The molecule has 0 amide bonds. The number of carbonyl (C=O) groups is 2. The zero-order chi connectivity index (χ0) is 38.6. The van der Waals surface area contributed by atoms with Crippen LogP contribution in [-0.4, -0.2) is 74.9 Å². The quantitative estimate of drug-likeness (QED) is 0.0217. The highest BCUT2D eigenvalue weighted by atomic mass is 31.2. The van der Waals surface area contributed by atoms with E-state index in [4.69, 9.17) is 18.5 Å². The number of phosphoric acid groups is 1. The third-order valence-electron chi connectivity index (χ3n) is 9.30. The molecule has 2 atom stereocenters. The number of hydrogen-bond acceptors (Lipinski definition) is 7. The van der Waals surface area contributed by atoms with Gasteiger partial charge in [0.1, 0.15) is 19.8 Å². The van der Waals surface area contributed by atoms with Crippen molar-refractivity contribution in [1.82, 2.24) is 0 Å². The number of phosphoric ester groups is 1. The number of ether oxygens (including phenoxy) is 2. The topological polar surface area (TPSA) is 108 Å². The van der Waals surface area contributed by atoms with Crippen molar-refractivity contribution >= 4 is 19.8 Å². The van der Waals surface area contributed by atoms with Crippen molar-refractivity contribution in [3.63, 3.8) is 0 Å². The molecule has 0 heterocycles. The Morgan fingerprint density at radius 3 is 1.42 bits per heavy atom. The lowest BCUT2D eigenvalue weighted by atomic mass is 10.1. The molecular formula is C42H83NO8P+. The van der Waals surface area contributed by atoms with Crippen LogP contribution in [0.2, 0.25) is 0 Å². The summed E-state index contributed by atoms with van der Waals surface area (Å²) < 4.78 is 34.2. The van der Waals surface area contributed by atoms with E-state index in [1.54, 1.807) is 0 Å². The van der Waals surface area contributed by atoms with Crippen molar-refractivity contribution in [3.05, 3.63) is 12.2 Å². The molecule has 0 radical (unpaired) electrons. The second-order valence-corrected chi connectivity index (χ2v) is 17.2. The van der Waals surface area contributed by atoms with E-state index in [-0.39, 0.29) is 25.6 Å². The molecule has 1 N–H and O–H groups in total. The summed E-state index contributed by atoms with van der Waals surface area (Å²) in [7, 11) is 1.48. The standard InChI is InChI=1S/C42H82NO8P/c1-6-8-10-12-14-16-18-19-20-21-22-23-25-27-29-31-33-35-42(45)51-40(39-50-52(46,47)49-37-36-43(3,4)5)38-48-41(44)34-32-30-28-26-24-17-15-13-11-9-7-2/h19-20,40H,6-18,21-39H2,1-5H3/p+1/b20-19-/t40-/m1/s1. The van der Waals surface area contributed by atoms with E-state index in [0.717, 1.165) is 44.9 Å². The predicted molar refractivity (Wildman–Crippen MR) is 215 cm³/mol. The third kappa shape index (κ3) is 38.5. The Morgan fingerprint density at radius 2 is 0.981 bits per heavy atom. The van der Waals surface area contributed by atoms with Crippen LogP contribution < -0.4 is 0 Å². The largest absolute Gasteiger partial charge is 0.472 e. The molecule has 0 aliphatic rings. The number of carbonyl (C=O) groups excluding carboxylic acids is 2. The first kappa shape index (κ1) is 50.8. The van der Waals surface area contributed by atoms with Gasteiger partial charge >= 0.3 is 19.8 Å². The smallest absolute Gasteiger partial charge is 0.462 e. The van der Waals surface area contributed by atoms with Gasteiger partial charge in [-0.05, 0) is 38.5 Å². The van der Waals surface area contributed by atoms with E-state index in [1.165, 1.54) is 116 Å². The lowest BCUT2D eigenvalue weighted by molar-refractivity contribution is -0.870. The summed E-state index contributed by atoms with van der Waals surface area (Å²) >= 11 is 0. The normalized spacial score (nSPS) is 13.7. The highest BCUT2D eigenvalue weighted by molar-refractivity contribution is 7.47. The summed E-state index contributed by atoms with van der Waals surface area (Å²) in [5.74, 6) is -0.797. The SMILES string of the molecule is CCCCCCCC/C=C\CCCCCCCCCC(=O)O[C@H](COC(=O)CCCCCCCCCCCCC)COP(=O)(O)OCC[N+](C)(C)C. The molecule has 0 saturated heterocycles. The van der Waals surface area contributed by atoms with E-state index < -0.39 is 26.5 Å². The number of nitrogens with zero attached hydrogens (tertiary/aromatic N) is 1. The molecule has 0 aromatic heterocycles. The molecule has 0 aliphatic heterocycles. The lowest BCUT2D eigenvalue weighted by Crippen LogP contribution is -2.37. The average Bonchev–Trinajstić information content (AvgIpc) is 3.09. The van der Waals surface area contributed by atoms with Crippen molar-refractivity contribution in [2.75, 3.05) is 47.5 Å². The zero-order valence-electron chi connectivity index (χ0n) is 34.6. The van der Waals surface area contributed by atoms with Gasteiger partial charge < -0.3 is 18.9 Å². The third-order valence-corrected chi connectivity index (χ3v) is 10.3. The minimum absolute atomic E-state index is 0.0338. The van der Waals surface area contributed by atoms with Crippen molar-refractivity contribution < 1.29 is 42.1 Å². The molecule has 308 valence electrons. The summed E-state index contributed by atoms with van der Waals surface area (Å²) in [6, 6.07) is 0. The van der Waals surface area contributed by atoms with E-state index in [9.17, 15) is 19.0 Å². The fourth-order valence-corrected chi connectivity index (χ4v) is 6.63. The number of hydrogen-bond donors (Lipinski definition) is 1. The molecule has 0 aromatic rings. The van der Waals surface area contributed by atoms with E-state index >= 15 is 0 Å². The van der Waals surface area contributed by atoms with Crippen LogP contribution in [0.5, 0.6) is 0 Å². The van der Waals surface area contributed by atoms with Crippen LogP contribution in [0.3, 0.4) is 0 Å². The molecule has 0 fully saturated rings. The molecule has 10 heteroatoms. The van der Waals surface area contributed by atoms with Crippen molar-refractivity contribution in [2.45, 2.75) is 200 Å². The van der Waals surface area contributed by atoms with Gasteiger partial charge in [-0.25, -0.2) is 4.57 Å². The summed E-state index contributed by atoms with van der Waals surface area (Å²) in [6.07, 6.45) is 35.4. The van der Waals surface area contributed by atoms with Gasteiger partial charge in [0.2, 0.25) is 0 Å². The van der Waals surface area contributed by atoms with Crippen LogP contribution in [0.25, 0.3) is 0 Å².